The van der Waals surface area contributed by atoms with Gasteiger partial charge in [-0.25, -0.2) is 0 Å². The fraction of sp³-hybridized carbons (Fsp3) is 0. The van der Waals surface area contributed by atoms with Crippen molar-refractivity contribution in [2.45, 2.75) is 0 Å². The predicted octanol–water partition coefficient (Wildman–Crippen LogP) is 5.99. The van der Waals surface area contributed by atoms with Crippen LogP contribution in [0.2, 0.25) is 0 Å². The summed E-state index contributed by atoms with van der Waals surface area (Å²) in [5, 5.41) is 2.43. The summed E-state index contributed by atoms with van der Waals surface area (Å²) in [5.41, 5.74) is 4.03. The van der Waals surface area contributed by atoms with Crippen molar-refractivity contribution in [1.29, 1.82) is 0 Å². The van der Waals surface area contributed by atoms with E-state index >= 15 is 0 Å². The second kappa shape index (κ2) is 7.51. The second-order valence-electron chi connectivity index (χ2n) is 6.03. The minimum atomic E-state index is 0.955. The first-order valence-corrected chi connectivity index (χ1v) is 8.57. The van der Waals surface area contributed by atoms with Gasteiger partial charge < -0.3 is 0 Å². The van der Waals surface area contributed by atoms with Crippen LogP contribution in [0.5, 0.6) is 0 Å². The molecule has 0 saturated carbocycles. The molecule has 0 unspecified atom stereocenters. The zero-order valence-electron chi connectivity index (χ0n) is 14.3. The van der Waals surface area contributed by atoms with E-state index in [1.807, 2.05) is 79.0 Å². The maximum absolute atomic E-state index is 4.59. The molecule has 0 radical (unpaired) electrons. The van der Waals surface area contributed by atoms with Gasteiger partial charge in [0.25, 0.3) is 0 Å². The molecule has 4 rings (SSSR count). The Hall–Kier alpha value is -3.63. The first-order chi connectivity index (χ1) is 12.9. The maximum Gasteiger partial charge on any atom is 0.0636 e. The van der Waals surface area contributed by atoms with Crippen LogP contribution < -0.4 is 0 Å². The Bertz CT molecular complexity index is 1110. The van der Waals surface area contributed by atoms with Crippen LogP contribution in [0.25, 0.3) is 10.8 Å². The Kier molecular flexibility index (Phi) is 4.58. The van der Waals surface area contributed by atoms with E-state index in [0.717, 1.165) is 22.4 Å². The van der Waals surface area contributed by atoms with Crippen LogP contribution in [0, 0.1) is 11.8 Å². The SMILES string of the molecule is C(#Cc1ccc(C=Nc2ccc3ccccc3c2)cc1)c1ccccc1. The minimum absolute atomic E-state index is 0.955. The second-order valence-corrected chi connectivity index (χ2v) is 6.03. The lowest BCUT2D eigenvalue weighted by Crippen LogP contribution is -1.82. The molecule has 0 aliphatic rings. The molecule has 0 heterocycles. The van der Waals surface area contributed by atoms with Crippen molar-refractivity contribution in [3.05, 3.63) is 114 Å². The van der Waals surface area contributed by atoms with Crippen molar-refractivity contribution in [1.82, 2.24) is 0 Å². The average molecular weight is 331 g/mol. The summed E-state index contributed by atoms with van der Waals surface area (Å²) >= 11 is 0. The molecule has 0 amide bonds. The third-order valence-corrected chi connectivity index (χ3v) is 4.13. The van der Waals surface area contributed by atoms with Gasteiger partial charge in [-0.3, -0.25) is 4.99 Å². The Morgan fingerprint density at radius 2 is 1.23 bits per heavy atom. The average Bonchev–Trinajstić information content (AvgIpc) is 2.72. The lowest BCUT2D eigenvalue weighted by Gasteiger charge is -1.99. The molecule has 122 valence electrons. The van der Waals surface area contributed by atoms with E-state index in [4.69, 9.17) is 0 Å². The van der Waals surface area contributed by atoms with Gasteiger partial charge in [-0.05, 0) is 52.7 Å². The lowest BCUT2D eigenvalue weighted by molar-refractivity contribution is 1.54. The van der Waals surface area contributed by atoms with Crippen molar-refractivity contribution < 1.29 is 0 Å². The molecule has 1 heteroatoms. The van der Waals surface area contributed by atoms with Crippen LogP contribution in [0.3, 0.4) is 0 Å². The van der Waals surface area contributed by atoms with E-state index < -0.39 is 0 Å². The summed E-state index contributed by atoms with van der Waals surface area (Å²) in [6, 6.07) is 32.7. The Labute approximate surface area is 153 Å². The number of hydrogen-bond donors (Lipinski definition) is 0. The number of nitrogens with zero attached hydrogens (tertiary/aromatic N) is 1. The molecule has 1 nitrogen and oxygen atoms in total. The smallest absolute Gasteiger partial charge is 0.0636 e. The topological polar surface area (TPSA) is 12.4 Å². The van der Waals surface area contributed by atoms with Crippen molar-refractivity contribution in [3.8, 4) is 11.8 Å². The van der Waals surface area contributed by atoms with Gasteiger partial charge in [0, 0.05) is 17.3 Å². The van der Waals surface area contributed by atoms with Crippen LogP contribution in [0.4, 0.5) is 5.69 Å². The van der Waals surface area contributed by atoms with Crippen LogP contribution in [0.1, 0.15) is 16.7 Å². The highest BCUT2D eigenvalue weighted by molar-refractivity contribution is 5.87. The molecular formula is C25H17N. The molecule has 0 aliphatic heterocycles. The standard InChI is InChI=1S/C25H17N/c1-2-6-20(7-3-1)10-11-21-12-14-22(15-13-21)19-26-25-17-16-23-8-4-5-9-24(23)18-25/h1-9,12-19H. The van der Waals surface area contributed by atoms with Crippen LogP contribution in [-0.4, -0.2) is 6.21 Å². The highest BCUT2D eigenvalue weighted by Crippen LogP contribution is 2.20. The van der Waals surface area contributed by atoms with Crippen molar-refractivity contribution in [2.24, 2.45) is 4.99 Å². The summed E-state index contributed by atoms with van der Waals surface area (Å²) in [6.07, 6.45) is 1.89. The largest absolute Gasteiger partial charge is 0.256 e. The Morgan fingerprint density at radius 1 is 0.577 bits per heavy atom. The zero-order valence-corrected chi connectivity index (χ0v) is 14.3. The molecule has 0 spiro atoms. The summed E-state index contributed by atoms with van der Waals surface area (Å²) in [6.45, 7) is 0. The van der Waals surface area contributed by atoms with Gasteiger partial charge in [-0.2, -0.15) is 0 Å². The van der Waals surface area contributed by atoms with Gasteiger partial charge in [-0.1, -0.05) is 72.5 Å². The third kappa shape index (κ3) is 3.88. The van der Waals surface area contributed by atoms with Crippen LogP contribution >= 0.6 is 0 Å². The van der Waals surface area contributed by atoms with Gasteiger partial charge in [0.1, 0.15) is 0 Å². The quantitative estimate of drug-likeness (QED) is 0.316. The van der Waals surface area contributed by atoms with Gasteiger partial charge >= 0.3 is 0 Å². The number of benzene rings is 4. The number of aliphatic imine (C=N–C) groups is 1. The summed E-state index contributed by atoms with van der Waals surface area (Å²) < 4.78 is 0. The highest BCUT2D eigenvalue weighted by atomic mass is 14.7. The Balaban J connectivity index is 1.50. The highest BCUT2D eigenvalue weighted by Gasteiger charge is 1.94. The van der Waals surface area contributed by atoms with Crippen LogP contribution in [-0.2, 0) is 0 Å². The van der Waals surface area contributed by atoms with E-state index in [0.29, 0.717) is 0 Å². The van der Waals surface area contributed by atoms with Crippen molar-refractivity contribution >= 4 is 22.7 Å². The zero-order chi connectivity index (χ0) is 17.6. The van der Waals surface area contributed by atoms with E-state index in [9.17, 15) is 0 Å². The molecular weight excluding hydrogens is 314 g/mol. The molecule has 0 aliphatic carbocycles. The molecule has 0 fully saturated rings. The monoisotopic (exact) mass is 331 g/mol. The van der Waals surface area contributed by atoms with E-state index in [1.165, 1.54) is 10.8 Å². The molecule has 0 bridgehead atoms. The first kappa shape index (κ1) is 15.9. The van der Waals surface area contributed by atoms with Crippen molar-refractivity contribution in [2.75, 3.05) is 0 Å². The van der Waals surface area contributed by atoms with Gasteiger partial charge in [0.15, 0.2) is 0 Å². The van der Waals surface area contributed by atoms with E-state index in [-0.39, 0.29) is 0 Å². The number of hydrogen-bond acceptors (Lipinski definition) is 1. The van der Waals surface area contributed by atoms with Gasteiger partial charge in [0.05, 0.1) is 5.69 Å². The van der Waals surface area contributed by atoms with Gasteiger partial charge in [-0.15, -0.1) is 0 Å². The third-order valence-electron chi connectivity index (χ3n) is 4.13. The van der Waals surface area contributed by atoms with E-state index in [1.54, 1.807) is 0 Å². The molecule has 0 N–H and O–H groups in total. The molecule has 0 aromatic heterocycles. The fourth-order valence-corrected chi connectivity index (χ4v) is 2.72. The summed E-state index contributed by atoms with van der Waals surface area (Å²) in [4.78, 5) is 4.59. The molecule has 4 aromatic carbocycles. The number of fused-ring (bicyclic) bond motifs is 1. The Morgan fingerprint density at radius 3 is 2.00 bits per heavy atom. The molecule has 4 aromatic rings. The number of rotatable bonds is 2. The summed E-state index contributed by atoms with van der Waals surface area (Å²) in [7, 11) is 0. The lowest BCUT2D eigenvalue weighted by atomic mass is 10.1. The molecule has 26 heavy (non-hydrogen) atoms. The predicted molar refractivity (Wildman–Crippen MR) is 110 cm³/mol. The normalized spacial score (nSPS) is 10.6. The maximum atomic E-state index is 4.59. The molecule has 0 atom stereocenters. The fourth-order valence-electron chi connectivity index (χ4n) is 2.72. The van der Waals surface area contributed by atoms with Crippen LogP contribution in [0.15, 0.2) is 102 Å². The van der Waals surface area contributed by atoms with Gasteiger partial charge in [0.2, 0.25) is 0 Å². The van der Waals surface area contributed by atoms with E-state index in [2.05, 4.69) is 41.1 Å². The summed E-state index contributed by atoms with van der Waals surface area (Å²) in [5.74, 6) is 6.36. The minimum Gasteiger partial charge on any atom is -0.256 e. The molecule has 0 saturated heterocycles. The van der Waals surface area contributed by atoms with Crippen molar-refractivity contribution in [3.63, 3.8) is 0 Å². The first-order valence-electron chi connectivity index (χ1n) is 8.57.